The first kappa shape index (κ1) is 18.8. The lowest BCUT2D eigenvalue weighted by atomic mass is 10.0. The topological polar surface area (TPSA) is 40.5 Å². The first-order valence-electron chi connectivity index (χ1n) is 7.42. The van der Waals surface area contributed by atoms with Gasteiger partial charge in [-0.3, -0.25) is 4.79 Å². The lowest BCUT2D eigenvalue weighted by molar-refractivity contribution is -0.139. The smallest absolute Gasteiger partial charge is 0.262 e. The number of nitrogens with zero attached hydrogens (tertiary/aromatic N) is 1. The number of likely N-dealkylation sites (N-methyl/N-ethyl adjacent to an activating group) is 1. The predicted octanol–water partition coefficient (Wildman–Crippen LogP) is 4.02. The number of carbonyl (C=O) groups is 1. The highest BCUT2D eigenvalue weighted by molar-refractivity contribution is 14.1. The summed E-state index contributed by atoms with van der Waals surface area (Å²) in [7, 11) is 1.40. The van der Waals surface area contributed by atoms with Crippen LogP contribution in [-0.4, -0.2) is 29.0 Å². The maximum atomic E-state index is 14.6. The molecule has 0 aromatic heterocycles. The second-order valence-corrected chi connectivity index (χ2v) is 6.71. The second-order valence-electron chi connectivity index (χ2n) is 5.54. The molecule has 0 fully saturated rings. The predicted molar refractivity (Wildman–Crippen MR) is 96.6 cm³/mol. The number of benzene rings is 2. The summed E-state index contributed by atoms with van der Waals surface area (Å²) in [5.41, 5.74) is 0.358. The standard InChI is InChI=1S/C18H18F2INO2/c1-11(17(23)12-7-4-3-5-8-12)22(2)18(24)16(20)15-13(19)9-6-10-14(15)21/h3-11,16-17,23H,1-2H3/t11-,16-,17-/m1/s1. The van der Waals surface area contributed by atoms with Crippen molar-refractivity contribution in [1.82, 2.24) is 4.90 Å². The molecule has 2 aromatic rings. The minimum Gasteiger partial charge on any atom is -0.386 e. The molecule has 3 nitrogen and oxygen atoms in total. The van der Waals surface area contributed by atoms with Crippen LogP contribution in [0.25, 0.3) is 0 Å². The highest BCUT2D eigenvalue weighted by atomic mass is 127. The first-order chi connectivity index (χ1) is 11.3. The summed E-state index contributed by atoms with van der Waals surface area (Å²) in [5.74, 6) is -1.65. The third-order valence-electron chi connectivity index (χ3n) is 4.03. The number of aliphatic hydroxyl groups is 1. The van der Waals surface area contributed by atoms with Gasteiger partial charge in [0.1, 0.15) is 5.82 Å². The third kappa shape index (κ3) is 3.92. The van der Waals surface area contributed by atoms with Gasteiger partial charge in [-0.05, 0) is 47.2 Å². The van der Waals surface area contributed by atoms with Crippen molar-refractivity contribution in [1.29, 1.82) is 0 Å². The summed E-state index contributed by atoms with van der Waals surface area (Å²) >= 11 is 1.80. The number of carbonyl (C=O) groups excluding carboxylic acids is 1. The summed E-state index contributed by atoms with van der Waals surface area (Å²) in [6.45, 7) is 1.62. The molecule has 1 amide bonds. The monoisotopic (exact) mass is 445 g/mol. The van der Waals surface area contributed by atoms with Crippen LogP contribution in [0.4, 0.5) is 8.78 Å². The average molecular weight is 445 g/mol. The fourth-order valence-electron chi connectivity index (χ4n) is 2.40. The Kier molecular flexibility index (Phi) is 6.28. The molecular formula is C18H18F2INO2. The van der Waals surface area contributed by atoms with Gasteiger partial charge in [0.05, 0.1) is 12.1 Å². The zero-order valence-electron chi connectivity index (χ0n) is 13.3. The molecule has 0 aliphatic heterocycles. The van der Waals surface area contributed by atoms with E-state index in [-0.39, 0.29) is 5.56 Å². The molecule has 3 atom stereocenters. The molecule has 1 N–H and O–H groups in total. The molecule has 128 valence electrons. The molecule has 0 saturated carbocycles. The van der Waals surface area contributed by atoms with E-state index in [1.807, 2.05) is 6.07 Å². The molecule has 0 unspecified atom stereocenters. The van der Waals surface area contributed by atoms with Gasteiger partial charge in [-0.15, -0.1) is 0 Å². The summed E-state index contributed by atoms with van der Waals surface area (Å²) in [6.07, 6.45) is -3.08. The van der Waals surface area contributed by atoms with Crippen LogP contribution in [0, 0.1) is 9.39 Å². The van der Waals surface area contributed by atoms with Gasteiger partial charge < -0.3 is 10.0 Å². The van der Waals surface area contributed by atoms with Crippen molar-refractivity contribution in [2.24, 2.45) is 0 Å². The summed E-state index contributed by atoms with van der Waals surface area (Å²) in [5, 5.41) is 10.4. The van der Waals surface area contributed by atoms with Gasteiger partial charge >= 0.3 is 0 Å². The van der Waals surface area contributed by atoms with Crippen LogP contribution in [-0.2, 0) is 4.79 Å². The van der Waals surface area contributed by atoms with Gasteiger partial charge in [-0.25, -0.2) is 8.78 Å². The molecule has 2 rings (SSSR count). The molecule has 0 radical (unpaired) electrons. The lowest BCUT2D eigenvalue weighted by Gasteiger charge is -2.30. The van der Waals surface area contributed by atoms with E-state index in [2.05, 4.69) is 0 Å². The average Bonchev–Trinajstić information content (AvgIpc) is 2.59. The summed E-state index contributed by atoms with van der Waals surface area (Å²) in [4.78, 5) is 13.5. The SMILES string of the molecule is C[C@H]([C@@H](O)c1ccccc1)N(C)C(=O)[C@H](F)c1c(F)cccc1I. The van der Waals surface area contributed by atoms with Gasteiger partial charge in [-0.1, -0.05) is 36.4 Å². The summed E-state index contributed by atoms with van der Waals surface area (Å²) in [6, 6.07) is 12.3. The zero-order chi connectivity index (χ0) is 17.9. The van der Waals surface area contributed by atoms with Crippen LogP contribution < -0.4 is 0 Å². The quantitative estimate of drug-likeness (QED) is 0.707. The van der Waals surface area contributed by atoms with E-state index in [1.54, 1.807) is 59.8 Å². The Morgan fingerprint density at radius 3 is 2.38 bits per heavy atom. The van der Waals surface area contributed by atoms with Crippen molar-refractivity contribution in [3.05, 3.63) is 69.0 Å². The molecule has 0 aliphatic carbocycles. The molecule has 0 spiro atoms. The van der Waals surface area contributed by atoms with Crippen LogP contribution in [0.1, 0.15) is 30.3 Å². The Balaban J connectivity index is 2.19. The summed E-state index contributed by atoms with van der Waals surface area (Å²) < 4.78 is 28.8. The van der Waals surface area contributed by atoms with E-state index in [1.165, 1.54) is 13.1 Å². The molecule has 0 bridgehead atoms. The van der Waals surface area contributed by atoms with Gasteiger partial charge in [0.25, 0.3) is 5.91 Å². The van der Waals surface area contributed by atoms with Crippen molar-refractivity contribution in [2.45, 2.75) is 25.2 Å². The van der Waals surface area contributed by atoms with E-state index < -0.39 is 30.0 Å². The Morgan fingerprint density at radius 1 is 1.17 bits per heavy atom. The van der Waals surface area contributed by atoms with Crippen LogP contribution >= 0.6 is 22.6 Å². The van der Waals surface area contributed by atoms with Crippen molar-refractivity contribution < 1.29 is 18.7 Å². The molecule has 6 heteroatoms. The Labute approximate surface area is 153 Å². The van der Waals surface area contributed by atoms with Gasteiger partial charge in [0.2, 0.25) is 6.17 Å². The number of halogens is 3. The van der Waals surface area contributed by atoms with Crippen molar-refractivity contribution in [2.75, 3.05) is 7.05 Å². The zero-order valence-corrected chi connectivity index (χ0v) is 15.4. The van der Waals surface area contributed by atoms with Crippen LogP contribution in [0.2, 0.25) is 0 Å². The lowest BCUT2D eigenvalue weighted by Crippen LogP contribution is -2.41. The van der Waals surface area contributed by atoms with E-state index >= 15 is 0 Å². The number of amides is 1. The second kappa shape index (κ2) is 8.02. The van der Waals surface area contributed by atoms with Gasteiger partial charge in [0, 0.05) is 16.2 Å². The van der Waals surface area contributed by atoms with Crippen molar-refractivity contribution in [3.63, 3.8) is 0 Å². The molecular weight excluding hydrogens is 427 g/mol. The van der Waals surface area contributed by atoms with E-state index in [4.69, 9.17) is 0 Å². The fraction of sp³-hybridized carbons (Fsp3) is 0.278. The maximum absolute atomic E-state index is 14.6. The minimum atomic E-state index is -2.12. The van der Waals surface area contributed by atoms with E-state index in [0.717, 1.165) is 11.0 Å². The number of alkyl halides is 1. The van der Waals surface area contributed by atoms with Crippen LogP contribution in [0.3, 0.4) is 0 Å². The van der Waals surface area contributed by atoms with Crippen molar-refractivity contribution in [3.8, 4) is 0 Å². The largest absolute Gasteiger partial charge is 0.386 e. The number of aliphatic hydroxyl groups excluding tert-OH is 1. The fourth-order valence-corrected chi connectivity index (χ4v) is 3.13. The number of hydrogen-bond acceptors (Lipinski definition) is 2. The number of rotatable bonds is 5. The highest BCUT2D eigenvalue weighted by Gasteiger charge is 2.32. The maximum Gasteiger partial charge on any atom is 0.262 e. The minimum absolute atomic E-state index is 0.267. The van der Waals surface area contributed by atoms with Gasteiger partial charge in [0.15, 0.2) is 0 Å². The van der Waals surface area contributed by atoms with E-state index in [9.17, 15) is 18.7 Å². The van der Waals surface area contributed by atoms with E-state index in [0.29, 0.717) is 9.13 Å². The van der Waals surface area contributed by atoms with Crippen LogP contribution in [0.5, 0.6) is 0 Å². The Morgan fingerprint density at radius 2 is 1.79 bits per heavy atom. The third-order valence-corrected chi connectivity index (χ3v) is 4.97. The molecule has 0 aliphatic rings. The number of hydrogen-bond donors (Lipinski definition) is 1. The first-order valence-corrected chi connectivity index (χ1v) is 8.50. The molecule has 0 saturated heterocycles. The highest BCUT2D eigenvalue weighted by Crippen LogP contribution is 2.29. The van der Waals surface area contributed by atoms with Crippen LogP contribution in [0.15, 0.2) is 48.5 Å². The molecule has 2 aromatic carbocycles. The Bertz CT molecular complexity index is 691. The Hall–Kier alpha value is -1.54. The normalized spacial score (nSPS) is 14.8. The van der Waals surface area contributed by atoms with Crippen molar-refractivity contribution >= 4 is 28.5 Å². The molecule has 24 heavy (non-hydrogen) atoms. The van der Waals surface area contributed by atoms with Gasteiger partial charge in [-0.2, -0.15) is 0 Å². The molecule has 0 heterocycles.